The first kappa shape index (κ1) is 29.8. The number of aliphatic carboxylic acids is 1. The Hall–Kier alpha value is -4.72. The van der Waals surface area contributed by atoms with Crippen LogP contribution in [0.3, 0.4) is 0 Å². The molecule has 222 valence electrons. The lowest BCUT2D eigenvalue weighted by molar-refractivity contribution is -0.139. The SMILES string of the molecule is CC(NCc1ccc(CC(NC(=O)OCC2c3ccccc3-c3ccccc32)C(=O)O)cc1)=C1C(=O)CC(C)(C)CC1=O. The minimum Gasteiger partial charge on any atom is -0.480 e. The molecule has 43 heavy (non-hydrogen) atoms. The summed E-state index contributed by atoms with van der Waals surface area (Å²) in [5.74, 6) is -1.55. The number of carboxylic acids is 1. The van der Waals surface area contributed by atoms with E-state index in [0.717, 1.165) is 33.4 Å². The highest BCUT2D eigenvalue weighted by molar-refractivity contribution is 6.22. The third-order valence-electron chi connectivity index (χ3n) is 8.17. The average Bonchev–Trinajstić information content (AvgIpc) is 3.28. The first-order valence-electron chi connectivity index (χ1n) is 14.5. The Labute approximate surface area is 251 Å². The van der Waals surface area contributed by atoms with E-state index in [1.165, 1.54) is 0 Å². The number of fused-ring (bicyclic) bond motifs is 3. The number of nitrogens with one attached hydrogen (secondary N) is 2. The lowest BCUT2D eigenvalue weighted by Crippen LogP contribution is -2.42. The molecule has 0 spiro atoms. The van der Waals surface area contributed by atoms with Crippen LogP contribution in [0.5, 0.6) is 0 Å². The molecule has 1 saturated carbocycles. The Kier molecular flexibility index (Phi) is 8.48. The maximum atomic E-state index is 12.7. The summed E-state index contributed by atoms with van der Waals surface area (Å²) >= 11 is 0. The number of hydrogen-bond acceptors (Lipinski definition) is 6. The van der Waals surface area contributed by atoms with Crippen LogP contribution in [0, 0.1) is 5.41 Å². The van der Waals surface area contributed by atoms with Crippen LogP contribution in [0.1, 0.15) is 61.8 Å². The molecule has 1 fully saturated rings. The second-order valence-corrected chi connectivity index (χ2v) is 12.1. The number of alkyl carbamates (subject to hydrolysis) is 1. The molecule has 0 heterocycles. The van der Waals surface area contributed by atoms with E-state index < -0.39 is 18.1 Å². The number of amides is 1. The Morgan fingerprint density at radius 1 is 0.884 bits per heavy atom. The predicted octanol–water partition coefficient (Wildman–Crippen LogP) is 5.54. The normalized spacial score (nSPS) is 16.2. The molecule has 8 nitrogen and oxygen atoms in total. The van der Waals surface area contributed by atoms with Crippen molar-refractivity contribution in [2.24, 2.45) is 5.41 Å². The lowest BCUT2D eigenvalue weighted by Gasteiger charge is -2.29. The minimum absolute atomic E-state index is 0.0785. The van der Waals surface area contributed by atoms with E-state index in [-0.39, 0.29) is 41.5 Å². The number of ether oxygens (including phenoxy) is 1. The molecule has 3 aromatic rings. The van der Waals surface area contributed by atoms with E-state index >= 15 is 0 Å². The molecule has 0 aliphatic heterocycles. The van der Waals surface area contributed by atoms with Gasteiger partial charge in [-0.05, 0) is 45.7 Å². The van der Waals surface area contributed by atoms with E-state index in [0.29, 0.717) is 25.1 Å². The summed E-state index contributed by atoms with van der Waals surface area (Å²) in [6.07, 6.45) is -0.0173. The molecule has 5 rings (SSSR count). The zero-order valence-corrected chi connectivity index (χ0v) is 24.6. The van der Waals surface area contributed by atoms with E-state index in [2.05, 4.69) is 10.6 Å². The van der Waals surface area contributed by atoms with Crippen molar-refractivity contribution in [1.29, 1.82) is 0 Å². The summed E-state index contributed by atoms with van der Waals surface area (Å²) in [4.78, 5) is 49.8. The van der Waals surface area contributed by atoms with E-state index in [1.807, 2.05) is 74.5 Å². The van der Waals surface area contributed by atoms with Crippen LogP contribution in [-0.2, 0) is 32.1 Å². The summed E-state index contributed by atoms with van der Waals surface area (Å²) < 4.78 is 5.53. The van der Waals surface area contributed by atoms with Crippen LogP contribution >= 0.6 is 0 Å². The molecular formula is C35H36N2O6. The molecule has 3 aromatic carbocycles. The smallest absolute Gasteiger partial charge is 0.407 e. The van der Waals surface area contributed by atoms with Gasteiger partial charge in [0.2, 0.25) is 0 Å². The first-order chi connectivity index (χ1) is 20.5. The minimum atomic E-state index is -1.17. The number of carbonyl (C=O) groups excluding carboxylic acids is 3. The number of allylic oxidation sites excluding steroid dienone is 2. The number of ketones is 2. The fourth-order valence-electron chi connectivity index (χ4n) is 6.02. The Balaban J connectivity index is 1.16. The Morgan fingerprint density at radius 2 is 1.42 bits per heavy atom. The summed E-state index contributed by atoms with van der Waals surface area (Å²) in [5, 5.41) is 15.5. The van der Waals surface area contributed by atoms with Gasteiger partial charge < -0.3 is 20.5 Å². The van der Waals surface area contributed by atoms with E-state index in [1.54, 1.807) is 19.1 Å². The maximum absolute atomic E-state index is 12.7. The molecule has 2 aliphatic rings. The van der Waals surface area contributed by atoms with Crippen LogP contribution in [0.4, 0.5) is 4.79 Å². The van der Waals surface area contributed by atoms with Crippen molar-refractivity contribution >= 4 is 23.6 Å². The van der Waals surface area contributed by atoms with Gasteiger partial charge in [-0.25, -0.2) is 9.59 Å². The number of carboxylic acid groups (broad SMARTS) is 1. The van der Waals surface area contributed by atoms with Crippen molar-refractivity contribution in [2.75, 3.05) is 6.61 Å². The number of carbonyl (C=O) groups is 4. The topological polar surface area (TPSA) is 122 Å². The lowest BCUT2D eigenvalue weighted by atomic mass is 9.73. The maximum Gasteiger partial charge on any atom is 0.407 e. The van der Waals surface area contributed by atoms with Gasteiger partial charge in [0, 0.05) is 37.4 Å². The molecule has 0 saturated heterocycles. The van der Waals surface area contributed by atoms with Crippen molar-refractivity contribution in [2.45, 2.75) is 58.5 Å². The van der Waals surface area contributed by atoms with Gasteiger partial charge in [-0.3, -0.25) is 9.59 Å². The number of rotatable bonds is 9. The molecule has 1 unspecified atom stereocenters. The molecule has 8 heteroatoms. The highest BCUT2D eigenvalue weighted by Gasteiger charge is 2.36. The van der Waals surface area contributed by atoms with Crippen molar-refractivity contribution in [3.05, 3.63) is 106 Å². The number of hydrogen-bond donors (Lipinski definition) is 3. The van der Waals surface area contributed by atoms with Crippen LogP contribution < -0.4 is 10.6 Å². The second-order valence-electron chi connectivity index (χ2n) is 12.1. The van der Waals surface area contributed by atoms with Gasteiger partial charge in [0.1, 0.15) is 12.6 Å². The van der Waals surface area contributed by atoms with Crippen molar-refractivity contribution in [3.8, 4) is 11.1 Å². The van der Waals surface area contributed by atoms with E-state index in [4.69, 9.17) is 4.74 Å². The van der Waals surface area contributed by atoms with Crippen LogP contribution in [-0.4, -0.2) is 41.4 Å². The first-order valence-corrected chi connectivity index (χ1v) is 14.5. The van der Waals surface area contributed by atoms with Crippen molar-refractivity contribution in [1.82, 2.24) is 10.6 Å². The van der Waals surface area contributed by atoms with Crippen molar-refractivity contribution < 1.29 is 29.0 Å². The van der Waals surface area contributed by atoms with Crippen LogP contribution in [0.25, 0.3) is 11.1 Å². The molecule has 1 amide bonds. The zero-order chi connectivity index (χ0) is 30.7. The highest BCUT2D eigenvalue weighted by atomic mass is 16.5. The third-order valence-corrected chi connectivity index (χ3v) is 8.17. The van der Waals surface area contributed by atoms with Crippen LogP contribution in [0.2, 0.25) is 0 Å². The molecule has 2 aliphatic carbocycles. The number of Topliss-reactive ketones (excluding diaryl/α,β-unsaturated/α-hetero) is 2. The molecule has 3 N–H and O–H groups in total. The standard InChI is InChI=1S/C35H36N2O6/c1-21(32-30(38)17-35(2,3)18-31(32)39)36-19-23-14-12-22(13-15-23)16-29(33(40)41)37-34(42)43-20-28-26-10-6-4-8-24(26)25-9-5-7-11-27(25)28/h4-15,28-29,36H,16-20H2,1-3H3,(H,37,42)(H,40,41). The Morgan fingerprint density at radius 3 is 1.98 bits per heavy atom. The molecular weight excluding hydrogens is 544 g/mol. The third kappa shape index (κ3) is 6.69. The largest absolute Gasteiger partial charge is 0.480 e. The van der Waals surface area contributed by atoms with Gasteiger partial charge in [0.05, 0.1) is 5.57 Å². The van der Waals surface area contributed by atoms with E-state index in [9.17, 15) is 24.3 Å². The summed E-state index contributed by atoms with van der Waals surface area (Å²) in [5.41, 5.74) is 6.50. The van der Waals surface area contributed by atoms with Gasteiger partial charge >= 0.3 is 12.1 Å². The van der Waals surface area contributed by atoms with Gasteiger partial charge in [-0.2, -0.15) is 0 Å². The summed E-state index contributed by atoms with van der Waals surface area (Å²) in [6.45, 7) is 6.08. The predicted molar refractivity (Wildman–Crippen MR) is 162 cm³/mol. The second kappa shape index (κ2) is 12.3. The van der Waals surface area contributed by atoms with Gasteiger partial charge in [0.15, 0.2) is 11.6 Å². The van der Waals surface area contributed by atoms with Gasteiger partial charge in [0.25, 0.3) is 0 Å². The summed E-state index contributed by atoms with van der Waals surface area (Å²) in [7, 11) is 0. The highest BCUT2D eigenvalue weighted by Crippen LogP contribution is 2.44. The quantitative estimate of drug-likeness (QED) is 0.224. The van der Waals surface area contributed by atoms with Crippen molar-refractivity contribution in [3.63, 3.8) is 0 Å². The number of benzene rings is 3. The monoisotopic (exact) mass is 580 g/mol. The zero-order valence-electron chi connectivity index (χ0n) is 24.6. The summed E-state index contributed by atoms with van der Waals surface area (Å²) in [6, 6.07) is 22.1. The Bertz CT molecular complexity index is 1540. The fraction of sp³-hybridized carbons (Fsp3) is 0.314. The molecule has 1 atom stereocenters. The van der Waals surface area contributed by atoms with Crippen LogP contribution in [0.15, 0.2) is 84.1 Å². The molecule has 0 radical (unpaired) electrons. The molecule has 0 aromatic heterocycles. The van der Waals surface area contributed by atoms with Gasteiger partial charge in [-0.1, -0.05) is 86.6 Å². The molecule has 0 bridgehead atoms. The average molecular weight is 581 g/mol. The van der Waals surface area contributed by atoms with Gasteiger partial charge in [-0.15, -0.1) is 0 Å². The fourth-order valence-corrected chi connectivity index (χ4v) is 6.02.